The van der Waals surface area contributed by atoms with Crippen LogP contribution in [-0.2, 0) is 29.1 Å². The van der Waals surface area contributed by atoms with E-state index in [1.165, 1.54) is 19.2 Å². The van der Waals surface area contributed by atoms with E-state index in [1.54, 1.807) is 42.5 Å². The second-order valence-corrected chi connectivity index (χ2v) is 9.43. The number of carbonyl (C=O) groups is 2. The van der Waals surface area contributed by atoms with E-state index in [9.17, 15) is 18.0 Å². The summed E-state index contributed by atoms with van der Waals surface area (Å²) in [5.41, 5.74) is 1.61. The van der Waals surface area contributed by atoms with Crippen molar-refractivity contribution >= 4 is 22.0 Å². The monoisotopic (exact) mass is 469 g/mol. The number of ether oxygens (including phenoxy) is 2. The van der Waals surface area contributed by atoms with Crippen LogP contribution in [0.3, 0.4) is 0 Å². The molecule has 1 aliphatic heterocycles. The van der Waals surface area contributed by atoms with Crippen LogP contribution in [0.25, 0.3) is 0 Å². The molecule has 33 heavy (non-hydrogen) atoms. The predicted octanol–water partition coefficient (Wildman–Crippen LogP) is 4.07. The highest BCUT2D eigenvalue weighted by molar-refractivity contribution is 7.89. The minimum atomic E-state index is -4.27. The summed E-state index contributed by atoms with van der Waals surface area (Å²) in [7, 11) is -1.93. The molecule has 0 fully saturated rings. The van der Waals surface area contributed by atoms with E-state index in [-0.39, 0.29) is 16.2 Å². The Morgan fingerprint density at radius 3 is 2.09 bits per heavy atom. The predicted molar refractivity (Wildman–Crippen MR) is 123 cm³/mol. The molecule has 7 nitrogen and oxygen atoms in total. The fourth-order valence-electron chi connectivity index (χ4n) is 3.81. The van der Waals surface area contributed by atoms with Crippen LogP contribution in [0.1, 0.15) is 36.9 Å². The molecule has 0 radical (unpaired) electrons. The second-order valence-electron chi connectivity index (χ2n) is 7.62. The molecule has 0 N–H and O–H groups in total. The quantitative estimate of drug-likeness (QED) is 0.568. The maximum absolute atomic E-state index is 13.9. The van der Waals surface area contributed by atoms with Crippen LogP contribution in [0.2, 0.25) is 0 Å². The summed E-state index contributed by atoms with van der Waals surface area (Å²) in [4.78, 5) is 25.9. The smallest absolute Gasteiger partial charge is 0.356 e. The number of nitrogens with zero attached hydrogens (tertiary/aromatic N) is 1. The lowest BCUT2D eigenvalue weighted by molar-refractivity contribution is -0.140. The number of esters is 2. The van der Waals surface area contributed by atoms with Crippen LogP contribution in [0.15, 0.2) is 82.4 Å². The fraction of sp³-hybridized carbons (Fsp3) is 0.280. The molecule has 1 aliphatic rings. The van der Waals surface area contributed by atoms with Crippen LogP contribution in [0.5, 0.6) is 0 Å². The normalized spacial score (nSPS) is 16.3. The van der Waals surface area contributed by atoms with Gasteiger partial charge in [-0.05, 0) is 36.6 Å². The van der Waals surface area contributed by atoms with E-state index < -0.39 is 28.0 Å². The number of rotatable bonds is 7. The minimum absolute atomic E-state index is 0.00742. The molecule has 0 amide bonds. The van der Waals surface area contributed by atoms with Crippen molar-refractivity contribution in [1.29, 1.82) is 0 Å². The van der Waals surface area contributed by atoms with Gasteiger partial charge >= 0.3 is 11.9 Å². The number of benzene rings is 2. The zero-order valence-electron chi connectivity index (χ0n) is 19.1. The first-order valence-corrected chi connectivity index (χ1v) is 12.0. The third-order valence-corrected chi connectivity index (χ3v) is 7.19. The van der Waals surface area contributed by atoms with Gasteiger partial charge in [0.15, 0.2) is 5.70 Å². The Kier molecular flexibility index (Phi) is 7.38. The van der Waals surface area contributed by atoms with Crippen molar-refractivity contribution in [2.45, 2.75) is 37.6 Å². The molecule has 1 unspecified atom stereocenters. The van der Waals surface area contributed by atoms with Crippen molar-refractivity contribution in [2.75, 3.05) is 14.2 Å². The van der Waals surface area contributed by atoms with Gasteiger partial charge in [0.25, 0.3) is 10.0 Å². The van der Waals surface area contributed by atoms with Crippen LogP contribution < -0.4 is 0 Å². The maximum atomic E-state index is 13.9. The summed E-state index contributed by atoms with van der Waals surface area (Å²) in [5.74, 6) is -1.74. The molecule has 1 heterocycles. The Balaban J connectivity index is 2.38. The largest absolute Gasteiger partial charge is 0.465 e. The molecule has 1 atom stereocenters. The number of sulfonamides is 1. The highest BCUT2D eigenvalue weighted by atomic mass is 32.2. The van der Waals surface area contributed by atoms with Crippen molar-refractivity contribution in [3.8, 4) is 0 Å². The first-order chi connectivity index (χ1) is 15.8. The Labute approximate surface area is 194 Å². The van der Waals surface area contributed by atoms with Gasteiger partial charge in [0.1, 0.15) is 0 Å². The average Bonchev–Trinajstić information content (AvgIpc) is 2.83. The van der Waals surface area contributed by atoms with Gasteiger partial charge in [-0.15, -0.1) is 0 Å². The van der Waals surface area contributed by atoms with Gasteiger partial charge in [-0.1, -0.05) is 67.4 Å². The molecule has 8 heteroatoms. The Hall–Kier alpha value is -3.39. The molecular formula is C25H27NO6S. The molecule has 174 valence electrons. The van der Waals surface area contributed by atoms with E-state index in [0.29, 0.717) is 24.0 Å². The number of methoxy groups -OCH3 is 2. The van der Waals surface area contributed by atoms with Crippen molar-refractivity contribution in [2.24, 2.45) is 0 Å². The second kappa shape index (κ2) is 10.0. The van der Waals surface area contributed by atoms with E-state index in [2.05, 4.69) is 0 Å². The van der Waals surface area contributed by atoms with E-state index in [0.717, 1.165) is 17.0 Å². The lowest BCUT2D eigenvalue weighted by atomic mass is 9.91. The third kappa shape index (κ3) is 4.71. The molecule has 0 bridgehead atoms. The zero-order chi connectivity index (χ0) is 24.2. The van der Waals surface area contributed by atoms with Crippen LogP contribution in [-0.4, -0.2) is 38.9 Å². The van der Waals surface area contributed by atoms with Gasteiger partial charge in [0, 0.05) is 0 Å². The Morgan fingerprint density at radius 2 is 1.55 bits per heavy atom. The van der Waals surface area contributed by atoms with E-state index in [4.69, 9.17) is 9.47 Å². The average molecular weight is 470 g/mol. The fourth-order valence-corrected chi connectivity index (χ4v) is 5.41. The molecule has 0 saturated heterocycles. The first kappa shape index (κ1) is 24.3. The molecule has 0 aromatic heterocycles. The summed E-state index contributed by atoms with van der Waals surface area (Å²) in [6.45, 7) is 3.78. The highest BCUT2D eigenvalue weighted by Crippen LogP contribution is 2.42. The number of hydrogen-bond donors (Lipinski definition) is 0. The number of hydrogen-bond acceptors (Lipinski definition) is 6. The molecule has 2 aromatic carbocycles. The molecule has 2 aromatic rings. The third-order valence-electron chi connectivity index (χ3n) is 5.40. The van der Waals surface area contributed by atoms with Gasteiger partial charge in [-0.2, -0.15) is 0 Å². The standard InChI is InChI=1S/C25H27NO6S/c1-5-9-19-16-21(18-10-7-6-8-11-18)26(23(25(28)32-4)22(19)24(27)31-3)33(29,30)20-14-12-17(2)13-15-20/h6-8,10-16,21H,5,9H2,1-4H3. The summed E-state index contributed by atoms with van der Waals surface area (Å²) in [6.07, 6.45) is 2.84. The lowest BCUT2D eigenvalue weighted by Crippen LogP contribution is -2.41. The van der Waals surface area contributed by atoms with Crippen molar-refractivity contribution in [3.05, 3.63) is 88.6 Å². The molecule has 0 saturated carbocycles. The van der Waals surface area contributed by atoms with Gasteiger partial charge in [0.2, 0.25) is 0 Å². The summed E-state index contributed by atoms with van der Waals surface area (Å²) >= 11 is 0. The molecular weight excluding hydrogens is 442 g/mol. The highest BCUT2D eigenvalue weighted by Gasteiger charge is 2.43. The molecule has 0 aliphatic carbocycles. The molecule has 0 spiro atoms. The first-order valence-electron chi connectivity index (χ1n) is 10.5. The lowest BCUT2D eigenvalue weighted by Gasteiger charge is -2.37. The molecule has 3 rings (SSSR count). The van der Waals surface area contributed by atoms with Gasteiger partial charge < -0.3 is 9.47 Å². The van der Waals surface area contributed by atoms with Crippen LogP contribution >= 0.6 is 0 Å². The van der Waals surface area contributed by atoms with Crippen molar-refractivity contribution in [1.82, 2.24) is 4.31 Å². The van der Waals surface area contributed by atoms with Gasteiger partial charge in [0.05, 0.1) is 30.7 Å². The SMILES string of the molecule is CCCC1=CC(c2ccccc2)N(S(=O)(=O)c2ccc(C)cc2)C(C(=O)OC)=C1C(=O)OC. The maximum Gasteiger partial charge on any atom is 0.356 e. The Morgan fingerprint density at radius 1 is 0.939 bits per heavy atom. The minimum Gasteiger partial charge on any atom is -0.465 e. The summed E-state index contributed by atoms with van der Waals surface area (Å²) in [6, 6.07) is 14.4. The van der Waals surface area contributed by atoms with E-state index in [1.807, 2.05) is 19.9 Å². The van der Waals surface area contributed by atoms with Crippen LogP contribution in [0.4, 0.5) is 0 Å². The van der Waals surface area contributed by atoms with Gasteiger partial charge in [-0.25, -0.2) is 22.3 Å². The topological polar surface area (TPSA) is 90.0 Å². The number of carbonyl (C=O) groups excluding carboxylic acids is 2. The van der Waals surface area contributed by atoms with Gasteiger partial charge in [-0.3, -0.25) is 0 Å². The van der Waals surface area contributed by atoms with E-state index >= 15 is 0 Å². The number of aryl methyl sites for hydroxylation is 1. The Bertz CT molecular complexity index is 1200. The summed E-state index contributed by atoms with van der Waals surface area (Å²) in [5, 5.41) is 0. The summed E-state index contributed by atoms with van der Waals surface area (Å²) < 4.78 is 38.8. The van der Waals surface area contributed by atoms with Crippen molar-refractivity contribution in [3.63, 3.8) is 0 Å². The zero-order valence-corrected chi connectivity index (χ0v) is 19.9. The van der Waals surface area contributed by atoms with Crippen LogP contribution in [0, 0.1) is 6.92 Å². The van der Waals surface area contributed by atoms with Crippen molar-refractivity contribution < 1.29 is 27.5 Å².